The van der Waals surface area contributed by atoms with Gasteiger partial charge in [0.15, 0.2) is 0 Å². The lowest BCUT2D eigenvalue weighted by Crippen LogP contribution is -2.20. The molecule has 0 bridgehead atoms. The normalized spacial score (nSPS) is 11.5. The topological polar surface area (TPSA) is 78.2 Å². The highest BCUT2D eigenvalue weighted by molar-refractivity contribution is 5.20. The summed E-state index contributed by atoms with van der Waals surface area (Å²) in [5.41, 5.74) is 8.01. The van der Waals surface area contributed by atoms with Crippen LogP contribution in [0.1, 0.15) is 0 Å². The van der Waals surface area contributed by atoms with E-state index in [1.807, 2.05) is 18.2 Å². The van der Waals surface area contributed by atoms with Crippen molar-refractivity contribution < 1.29 is 9.84 Å². The highest BCUT2D eigenvalue weighted by Gasteiger charge is 2.02. The number of aliphatic hydroxyl groups is 1. The van der Waals surface area contributed by atoms with Crippen LogP contribution in [-0.4, -0.2) is 24.4 Å². The van der Waals surface area contributed by atoms with Gasteiger partial charge in [-0.3, -0.25) is 0 Å². The first-order valence-electron chi connectivity index (χ1n) is 4.19. The molecule has 1 N–H and O–H groups in total. The fraction of sp³-hybridized carbons (Fsp3) is 0.333. The number of rotatable bonds is 5. The Labute approximate surface area is 81.6 Å². The molecule has 0 saturated heterocycles. The molecule has 0 spiro atoms. The third kappa shape index (κ3) is 3.80. The summed E-state index contributed by atoms with van der Waals surface area (Å²) < 4.78 is 5.23. The third-order valence-corrected chi connectivity index (χ3v) is 1.54. The van der Waals surface area contributed by atoms with Crippen LogP contribution in [0, 0.1) is 0 Å². The molecule has 5 heteroatoms. The Morgan fingerprint density at radius 1 is 1.43 bits per heavy atom. The zero-order valence-electron chi connectivity index (χ0n) is 7.58. The summed E-state index contributed by atoms with van der Waals surface area (Å²) in [5.74, 6) is 0.687. The van der Waals surface area contributed by atoms with Crippen LogP contribution in [0.2, 0.25) is 0 Å². The molecule has 5 nitrogen and oxygen atoms in total. The van der Waals surface area contributed by atoms with Crippen LogP contribution in [-0.2, 0) is 0 Å². The fourth-order valence-electron chi connectivity index (χ4n) is 0.893. The van der Waals surface area contributed by atoms with Crippen molar-refractivity contribution in [1.82, 2.24) is 0 Å². The van der Waals surface area contributed by atoms with Crippen LogP contribution in [0.15, 0.2) is 35.4 Å². The first kappa shape index (κ1) is 10.4. The Morgan fingerprint density at radius 2 is 2.14 bits per heavy atom. The van der Waals surface area contributed by atoms with E-state index in [4.69, 9.17) is 10.3 Å². The molecule has 1 atom stereocenters. The predicted octanol–water partition coefficient (Wildman–Crippen LogP) is 1.74. The summed E-state index contributed by atoms with van der Waals surface area (Å²) in [7, 11) is 0. The minimum absolute atomic E-state index is 0.0311. The van der Waals surface area contributed by atoms with Crippen LogP contribution in [0.4, 0.5) is 0 Å². The molecule has 1 aromatic carbocycles. The lowest BCUT2D eigenvalue weighted by molar-refractivity contribution is 0.114. The maximum Gasteiger partial charge on any atom is 0.119 e. The number of para-hydroxylation sites is 1. The SMILES string of the molecule is [N-]=[N+]=NC[C@H](O)COc1ccccc1. The van der Waals surface area contributed by atoms with Gasteiger partial charge in [0.25, 0.3) is 0 Å². The maximum atomic E-state index is 9.25. The van der Waals surface area contributed by atoms with Gasteiger partial charge in [-0.05, 0) is 17.7 Å². The van der Waals surface area contributed by atoms with Crippen molar-refractivity contribution >= 4 is 0 Å². The quantitative estimate of drug-likeness (QED) is 0.439. The summed E-state index contributed by atoms with van der Waals surface area (Å²) in [6, 6.07) is 9.15. The van der Waals surface area contributed by atoms with Gasteiger partial charge in [0.1, 0.15) is 12.4 Å². The van der Waals surface area contributed by atoms with Gasteiger partial charge < -0.3 is 9.84 Å². The number of benzene rings is 1. The van der Waals surface area contributed by atoms with Gasteiger partial charge in [-0.25, -0.2) is 0 Å². The molecule has 0 fully saturated rings. The van der Waals surface area contributed by atoms with Crippen LogP contribution in [0.5, 0.6) is 5.75 Å². The smallest absolute Gasteiger partial charge is 0.119 e. The Hall–Kier alpha value is -1.71. The highest BCUT2D eigenvalue weighted by atomic mass is 16.5. The van der Waals surface area contributed by atoms with Crippen molar-refractivity contribution in [2.24, 2.45) is 5.11 Å². The number of ether oxygens (including phenoxy) is 1. The largest absolute Gasteiger partial charge is 0.491 e. The molecular formula is C9H11N3O2. The zero-order valence-corrected chi connectivity index (χ0v) is 7.58. The van der Waals surface area contributed by atoms with Gasteiger partial charge >= 0.3 is 0 Å². The van der Waals surface area contributed by atoms with Crippen molar-refractivity contribution in [3.63, 3.8) is 0 Å². The predicted molar refractivity (Wildman–Crippen MR) is 52.0 cm³/mol. The van der Waals surface area contributed by atoms with Crippen molar-refractivity contribution in [2.75, 3.05) is 13.2 Å². The van der Waals surface area contributed by atoms with Gasteiger partial charge in [0.05, 0.1) is 12.6 Å². The minimum atomic E-state index is -0.758. The molecule has 0 aliphatic carbocycles. The second-order valence-electron chi connectivity index (χ2n) is 2.69. The number of nitrogens with zero attached hydrogens (tertiary/aromatic N) is 3. The molecule has 1 rings (SSSR count). The van der Waals surface area contributed by atoms with Crippen LogP contribution in [0.3, 0.4) is 0 Å². The van der Waals surface area contributed by atoms with E-state index in [0.29, 0.717) is 5.75 Å². The summed E-state index contributed by atoms with van der Waals surface area (Å²) in [5, 5.41) is 12.5. The van der Waals surface area contributed by atoms with Crippen LogP contribution in [0.25, 0.3) is 10.4 Å². The van der Waals surface area contributed by atoms with Gasteiger partial charge in [-0.1, -0.05) is 23.3 Å². The van der Waals surface area contributed by atoms with E-state index in [1.54, 1.807) is 12.1 Å². The van der Waals surface area contributed by atoms with Crippen LogP contribution < -0.4 is 4.74 Å². The second-order valence-corrected chi connectivity index (χ2v) is 2.69. The molecule has 0 aliphatic heterocycles. The molecule has 0 unspecified atom stereocenters. The summed E-state index contributed by atoms with van der Waals surface area (Å²) in [4.78, 5) is 2.54. The van der Waals surface area contributed by atoms with E-state index < -0.39 is 6.10 Å². The van der Waals surface area contributed by atoms with Crippen molar-refractivity contribution in [3.05, 3.63) is 40.8 Å². The van der Waals surface area contributed by atoms with Gasteiger partial charge in [-0.15, -0.1) is 0 Å². The summed E-state index contributed by atoms with van der Waals surface area (Å²) in [6.45, 7) is 0.159. The standard InChI is InChI=1S/C9H11N3O2/c10-12-11-6-8(13)7-14-9-4-2-1-3-5-9/h1-5,8,13H,6-7H2/t8-/m0/s1. The Balaban J connectivity index is 2.30. The van der Waals surface area contributed by atoms with Gasteiger partial charge in [0, 0.05) is 4.91 Å². The minimum Gasteiger partial charge on any atom is -0.491 e. The van der Waals surface area contributed by atoms with E-state index in [0.717, 1.165) is 0 Å². The van der Waals surface area contributed by atoms with Gasteiger partial charge in [0.2, 0.25) is 0 Å². The van der Waals surface area contributed by atoms with Crippen molar-refractivity contribution in [2.45, 2.75) is 6.10 Å². The summed E-state index contributed by atoms with van der Waals surface area (Å²) >= 11 is 0. The number of aliphatic hydroxyl groups excluding tert-OH is 1. The highest BCUT2D eigenvalue weighted by Crippen LogP contribution is 2.08. The first-order valence-corrected chi connectivity index (χ1v) is 4.19. The molecule has 0 aromatic heterocycles. The van der Waals surface area contributed by atoms with E-state index in [-0.39, 0.29) is 13.2 Å². The molecular weight excluding hydrogens is 182 g/mol. The van der Waals surface area contributed by atoms with Gasteiger partial charge in [-0.2, -0.15) is 0 Å². The van der Waals surface area contributed by atoms with E-state index in [9.17, 15) is 5.11 Å². The lowest BCUT2D eigenvalue weighted by atomic mass is 10.3. The number of azide groups is 1. The van der Waals surface area contributed by atoms with E-state index in [1.165, 1.54) is 0 Å². The molecule has 1 aromatic rings. The first-order chi connectivity index (χ1) is 6.83. The molecule has 0 heterocycles. The van der Waals surface area contributed by atoms with E-state index in [2.05, 4.69) is 10.0 Å². The summed E-state index contributed by atoms with van der Waals surface area (Å²) in [6.07, 6.45) is -0.758. The molecule has 0 aliphatic rings. The van der Waals surface area contributed by atoms with Crippen LogP contribution >= 0.6 is 0 Å². The average molecular weight is 193 g/mol. The fourth-order valence-corrected chi connectivity index (χ4v) is 0.893. The Morgan fingerprint density at radius 3 is 2.79 bits per heavy atom. The van der Waals surface area contributed by atoms with Crippen molar-refractivity contribution in [3.8, 4) is 5.75 Å². The van der Waals surface area contributed by atoms with Crippen molar-refractivity contribution in [1.29, 1.82) is 0 Å². The zero-order chi connectivity index (χ0) is 10.2. The Bertz CT molecular complexity index is 309. The monoisotopic (exact) mass is 193 g/mol. The molecule has 0 radical (unpaired) electrons. The average Bonchev–Trinajstić information content (AvgIpc) is 2.25. The second kappa shape index (κ2) is 5.85. The molecule has 14 heavy (non-hydrogen) atoms. The molecule has 0 saturated carbocycles. The maximum absolute atomic E-state index is 9.25. The molecule has 0 amide bonds. The molecule has 74 valence electrons. The number of hydrogen-bond donors (Lipinski definition) is 1. The third-order valence-electron chi connectivity index (χ3n) is 1.54. The number of hydrogen-bond acceptors (Lipinski definition) is 3. The Kier molecular flexibility index (Phi) is 4.34. The lowest BCUT2D eigenvalue weighted by Gasteiger charge is -2.09. The van der Waals surface area contributed by atoms with E-state index >= 15 is 0 Å².